The van der Waals surface area contributed by atoms with E-state index in [1.54, 1.807) is 0 Å². The molecule has 5 atom stereocenters. The van der Waals surface area contributed by atoms with E-state index in [1.165, 1.54) is 12.8 Å². The van der Waals surface area contributed by atoms with Crippen molar-refractivity contribution in [2.24, 2.45) is 17.6 Å². The molecule has 1 heterocycles. The van der Waals surface area contributed by atoms with Crippen LogP contribution in [0.25, 0.3) is 0 Å². The fraction of sp³-hybridized carbons (Fsp3) is 1.00. The van der Waals surface area contributed by atoms with Crippen LogP contribution < -0.4 is 5.73 Å². The molecule has 0 bridgehead atoms. The van der Waals surface area contributed by atoms with Gasteiger partial charge >= 0.3 is 0 Å². The SMILES string of the molecule is CCCCC(N)C1C(C)OC(C)C1C. The van der Waals surface area contributed by atoms with Crippen molar-refractivity contribution < 1.29 is 4.74 Å². The van der Waals surface area contributed by atoms with Gasteiger partial charge in [0.15, 0.2) is 0 Å². The second-order valence-electron chi connectivity index (χ2n) is 4.79. The Hall–Kier alpha value is -0.0800. The molecule has 0 aliphatic carbocycles. The zero-order chi connectivity index (χ0) is 10.7. The minimum atomic E-state index is 0.324. The normalized spacial score (nSPS) is 40.1. The smallest absolute Gasteiger partial charge is 0.0597 e. The second kappa shape index (κ2) is 5.13. The molecule has 1 fully saturated rings. The molecule has 1 saturated heterocycles. The maximum absolute atomic E-state index is 6.23. The van der Waals surface area contributed by atoms with Gasteiger partial charge in [0.25, 0.3) is 0 Å². The van der Waals surface area contributed by atoms with Crippen molar-refractivity contribution in [2.45, 2.75) is 65.2 Å². The summed E-state index contributed by atoms with van der Waals surface area (Å²) in [5, 5.41) is 0. The lowest BCUT2D eigenvalue weighted by molar-refractivity contribution is 0.0486. The van der Waals surface area contributed by atoms with Crippen molar-refractivity contribution in [3.63, 3.8) is 0 Å². The third-order valence-electron chi connectivity index (χ3n) is 3.70. The molecule has 1 aliphatic rings. The number of ether oxygens (including phenoxy) is 1. The summed E-state index contributed by atoms with van der Waals surface area (Å²) in [4.78, 5) is 0. The van der Waals surface area contributed by atoms with Gasteiger partial charge in [-0.2, -0.15) is 0 Å². The summed E-state index contributed by atoms with van der Waals surface area (Å²) in [5.41, 5.74) is 6.23. The molecule has 14 heavy (non-hydrogen) atoms. The van der Waals surface area contributed by atoms with Crippen molar-refractivity contribution in [3.8, 4) is 0 Å². The first-order valence-corrected chi connectivity index (χ1v) is 5.99. The summed E-state index contributed by atoms with van der Waals surface area (Å²) in [6.07, 6.45) is 4.34. The predicted octanol–water partition coefficient (Wildman–Crippen LogP) is 2.56. The van der Waals surface area contributed by atoms with Crippen LogP contribution in [0, 0.1) is 11.8 Å². The second-order valence-corrected chi connectivity index (χ2v) is 4.79. The zero-order valence-corrected chi connectivity index (χ0v) is 9.99. The van der Waals surface area contributed by atoms with Gasteiger partial charge in [-0.15, -0.1) is 0 Å². The number of rotatable bonds is 4. The molecule has 0 aromatic carbocycles. The van der Waals surface area contributed by atoms with Gasteiger partial charge in [0.05, 0.1) is 12.2 Å². The summed E-state index contributed by atoms with van der Waals surface area (Å²) in [5.74, 6) is 1.16. The summed E-state index contributed by atoms with van der Waals surface area (Å²) >= 11 is 0. The first-order valence-electron chi connectivity index (χ1n) is 5.99. The van der Waals surface area contributed by atoms with Crippen molar-refractivity contribution in [1.29, 1.82) is 0 Å². The minimum absolute atomic E-state index is 0.324. The third kappa shape index (κ3) is 2.48. The molecule has 1 rings (SSSR count). The lowest BCUT2D eigenvalue weighted by Gasteiger charge is -2.25. The van der Waals surface area contributed by atoms with E-state index >= 15 is 0 Å². The van der Waals surface area contributed by atoms with Gasteiger partial charge in [-0.05, 0) is 26.2 Å². The molecule has 0 amide bonds. The Morgan fingerprint density at radius 3 is 2.29 bits per heavy atom. The first kappa shape index (κ1) is 12.0. The molecule has 84 valence electrons. The molecule has 0 aromatic rings. The van der Waals surface area contributed by atoms with Crippen LogP contribution >= 0.6 is 0 Å². The van der Waals surface area contributed by atoms with E-state index in [-0.39, 0.29) is 0 Å². The summed E-state index contributed by atoms with van der Waals surface area (Å²) < 4.78 is 5.81. The molecule has 5 unspecified atom stereocenters. The van der Waals surface area contributed by atoms with Crippen LogP contribution in [-0.2, 0) is 4.74 Å². The molecular formula is C12H25NO. The quantitative estimate of drug-likeness (QED) is 0.755. The molecular weight excluding hydrogens is 174 g/mol. The van der Waals surface area contributed by atoms with E-state index in [9.17, 15) is 0 Å². The molecule has 2 heteroatoms. The van der Waals surface area contributed by atoms with Crippen LogP contribution in [0.2, 0.25) is 0 Å². The Morgan fingerprint density at radius 1 is 1.21 bits per heavy atom. The summed E-state index contributed by atoms with van der Waals surface area (Å²) in [7, 11) is 0. The Kier molecular flexibility index (Phi) is 4.39. The van der Waals surface area contributed by atoms with Crippen LogP contribution in [0.3, 0.4) is 0 Å². The minimum Gasteiger partial charge on any atom is -0.375 e. The lowest BCUT2D eigenvalue weighted by Crippen LogP contribution is -2.37. The highest BCUT2D eigenvalue weighted by Gasteiger charge is 2.39. The van der Waals surface area contributed by atoms with Crippen LogP contribution in [-0.4, -0.2) is 18.2 Å². The lowest BCUT2D eigenvalue weighted by atomic mass is 9.82. The van der Waals surface area contributed by atoms with E-state index in [1.807, 2.05) is 0 Å². The van der Waals surface area contributed by atoms with E-state index in [0.29, 0.717) is 30.1 Å². The maximum Gasteiger partial charge on any atom is 0.0597 e. The van der Waals surface area contributed by atoms with Crippen LogP contribution in [0.5, 0.6) is 0 Å². The van der Waals surface area contributed by atoms with Crippen molar-refractivity contribution in [2.75, 3.05) is 0 Å². The van der Waals surface area contributed by atoms with Gasteiger partial charge in [-0.25, -0.2) is 0 Å². The Balaban J connectivity index is 2.49. The van der Waals surface area contributed by atoms with Gasteiger partial charge in [0.1, 0.15) is 0 Å². The topological polar surface area (TPSA) is 35.2 Å². The third-order valence-corrected chi connectivity index (χ3v) is 3.70. The highest BCUT2D eigenvalue weighted by molar-refractivity contribution is 4.90. The van der Waals surface area contributed by atoms with Gasteiger partial charge in [0, 0.05) is 12.0 Å². The number of hydrogen-bond acceptors (Lipinski definition) is 2. The molecule has 1 aliphatic heterocycles. The Labute approximate surface area is 88.2 Å². The largest absolute Gasteiger partial charge is 0.375 e. The summed E-state index contributed by atoms with van der Waals surface area (Å²) in [6.45, 7) is 8.81. The molecule has 0 aromatic heterocycles. The molecule has 2 nitrogen and oxygen atoms in total. The zero-order valence-electron chi connectivity index (χ0n) is 9.99. The first-order chi connectivity index (χ1) is 6.57. The fourth-order valence-corrected chi connectivity index (χ4v) is 2.66. The predicted molar refractivity (Wildman–Crippen MR) is 60.2 cm³/mol. The van der Waals surface area contributed by atoms with E-state index in [4.69, 9.17) is 10.5 Å². The highest BCUT2D eigenvalue weighted by Crippen LogP contribution is 2.34. The van der Waals surface area contributed by atoms with Crippen LogP contribution in [0.1, 0.15) is 47.0 Å². The van der Waals surface area contributed by atoms with E-state index in [2.05, 4.69) is 27.7 Å². The maximum atomic E-state index is 6.23. The number of hydrogen-bond donors (Lipinski definition) is 1. The standard InChI is InChI=1S/C12H25NO/c1-5-6-7-11(13)12-8(2)9(3)14-10(12)4/h8-12H,5-7,13H2,1-4H3. The van der Waals surface area contributed by atoms with Crippen LogP contribution in [0.4, 0.5) is 0 Å². The number of unbranched alkanes of at least 4 members (excludes halogenated alkanes) is 1. The fourth-order valence-electron chi connectivity index (χ4n) is 2.66. The number of nitrogens with two attached hydrogens (primary N) is 1. The van der Waals surface area contributed by atoms with Gasteiger partial charge in [-0.1, -0.05) is 26.7 Å². The van der Waals surface area contributed by atoms with E-state index < -0.39 is 0 Å². The molecule has 2 N–H and O–H groups in total. The Morgan fingerprint density at radius 2 is 1.86 bits per heavy atom. The van der Waals surface area contributed by atoms with Gasteiger partial charge < -0.3 is 10.5 Å². The van der Waals surface area contributed by atoms with Gasteiger partial charge in [0.2, 0.25) is 0 Å². The average Bonchev–Trinajstić information content (AvgIpc) is 2.38. The van der Waals surface area contributed by atoms with Crippen molar-refractivity contribution in [1.82, 2.24) is 0 Å². The average molecular weight is 199 g/mol. The van der Waals surface area contributed by atoms with E-state index in [0.717, 1.165) is 6.42 Å². The summed E-state index contributed by atoms with van der Waals surface area (Å²) in [6, 6.07) is 0.324. The highest BCUT2D eigenvalue weighted by atomic mass is 16.5. The van der Waals surface area contributed by atoms with Crippen molar-refractivity contribution >= 4 is 0 Å². The Bertz CT molecular complexity index is 172. The van der Waals surface area contributed by atoms with Crippen LogP contribution in [0.15, 0.2) is 0 Å². The van der Waals surface area contributed by atoms with Gasteiger partial charge in [-0.3, -0.25) is 0 Å². The van der Waals surface area contributed by atoms with Crippen molar-refractivity contribution in [3.05, 3.63) is 0 Å². The molecule has 0 radical (unpaired) electrons. The monoisotopic (exact) mass is 199 g/mol. The molecule has 0 spiro atoms. The molecule has 0 saturated carbocycles.